The molecule has 0 fully saturated rings. The molecule has 0 unspecified atom stereocenters. The zero-order valence-corrected chi connectivity index (χ0v) is 7.29. The molecule has 0 aliphatic heterocycles. The van der Waals surface area contributed by atoms with Crippen LogP contribution >= 0.6 is 12.6 Å². The summed E-state index contributed by atoms with van der Waals surface area (Å²) in [5.41, 5.74) is 0. The Kier molecular flexibility index (Phi) is 19.7. The monoisotopic (exact) mass is 186 g/mol. The fraction of sp³-hybridized carbons (Fsp3) is 1.00. The molecule has 10 heavy (non-hydrogen) atoms. The van der Waals surface area contributed by atoms with Crippen molar-refractivity contribution < 1.29 is 0 Å². The Morgan fingerprint density at radius 1 is 0.900 bits per heavy atom. The minimum atomic E-state index is 0. The van der Waals surface area contributed by atoms with Crippen molar-refractivity contribution in [1.82, 2.24) is 0 Å². The van der Waals surface area contributed by atoms with Gasteiger partial charge in [-0.25, -0.2) is 0 Å². The Morgan fingerprint density at radius 3 is 1.90 bits per heavy atom. The van der Waals surface area contributed by atoms with Crippen molar-refractivity contribution >= 4 is 64.0 Å². The Labute approximate surface area is 113 Å². The quantitative estimate of drug-likeness (QED) is 0.368. The van der Waals surface area contributed by atoms with Gasteiger partial charge in [0.1, 0.15) is 0 Å². The molecule has 58 valence electrons. The summed E-state index contributed by atoms with van der Waals surface area (Å²) in [4.78, 5) is 0. The third-order valence-electron chi connectivity index (χ3n) is 1.51. The molecule has 0 nitrogen and oxygen atoms in total. The van der Waals surface area contributed by atoms with Crippen LogP contribution in [0.1, 0.15) is 45.4 Å². The van der Waals surface area contributed by atoms with Crippen LogP contribution in [0.4, 0.5) is 0 Å². The molecule has 0 atom stereocenters. The summed E-state index contributed by atoms with van der Waals surface area (Å²) in [6, 6.07) is 0. The summed E-state index contributed by atoms with van der Waals surface area (Å²) in [5, 5.41) is 0. The molecule has 0 N–H and O–H groups in total. The van der Waals surface area contributed by atoms with Gasteiger partial charge in [-0.3, -0.25) is 0 Å². The first kappa shape index (κ1) is 14.5. The molecule has 0 aromatic rings. The van der Waals surface area contributed by atoms with Crippen LogP contribution in [-0.2, 0) is 0 Å². The molecule has 0 aliphatic carbocycles. The predicted molar refractivity (Wildman–Crippen MR) is 54.4 cm³/mol. The Morgan fingerprint density at radius 2 is 1.40 bits per heavy atom. The third kappa shape index (κ3) is 12.6. The van der Waals surface area contributed by atoms with Crippen LogP contribution in [0.25, 0.3) is 0 Å². The Balaban J connectivity index is 0. The van der Waals surface area contributed by atoms with Crippen molar-refractivity contribution in [2.24, 2.45) is 0 Å². The van der Waals surface area contributed by atoms with Crippen molar-refractivity contribution in [1.29, 1.82) is 0 Å². The van der Waals surface area contributed by atoms with E-state index >= 15 is 0 Å². The van der Waals surface area contributed by atoms with E-state index < -0.39 is 0 Å². The summed E-state index contributed by atoms with van der Waals surface area (Å²) in [6.45, 7) is 2.25. The molecule has 0 radical (unpaired) electrons. The van der Waals surface area contributed by atoms with Gasteiger partial charge in [-0.15, -0.1) is 0 Å². The van der Waals surface area contributed by atoms with Gasteiger partial charge in [0.05, 0.1) is 0 Å². The maximum absolute atomic E-state index is 4.15. The summed E-state index contributed by atoms with van der Waals surface area (Å²) in [7, 11) is 0. The van der Waals surface area contributed by atoms with Crippen LogP contribution in [0.5, 0.6) is 0 Å². The van der Waals surface area contributed by atoms with E-state index in [-0.39, 0.29) is 51.4 Å². The molecule has 0 amide bonds. The molecule has 0 bridgehead atoms. The summed E-state index contributed by atoms with van der Waals surface area (Å²) in [5.74, 6) is 1.06. The van der Waals surface area contributed by atoms with Gasteiger partial charge in [0.25, 0.3) is 0 Å². The summed E-state index contributed by atoms with van der Waals surface area (Å²) < 4.78 is 0. The van der Waals surface area contributed by atoms with E-state index in [0.717, 1.165) is 5.75 Å². The van der Waals surface area contributed by atoms with Gasteiger partial charge in [-0.2, -0.15) is 12.6 Å². The van der Waals surface area contributed by atoms with Gasteiger partial charge >= 0.3 is 51.4 Å². The van der Waals surface area contributed by atoms with E-state index in [4.69, 9.17) is 0 Å². The van der Waals surface area contributed by atoms with Crippen molar-refractivity contribution in [2.45, 2.75) is 45.4 Å². The minimum absolute atomic E-state index is 0. The standard InChI is InChI=1S/C8H18S.K.H/c1-2-3-4-5-6-7-8-9;;/h9H,2-8H2,1H3;;. The molecule has 0 spiro atoms. The van der Waals surface area contributed by atoms with E-state index in [1.54, 1.807) is 0 Å². The molecule has 0 saturated carbocycles. The van der Waals surface area contributed by atoms with Gasteiger partial charge < -0.3 is 0 Å². The van der Waals surface area contributed by atoms with E-state index in [9.17, 15) is 0 Å². The molecule has 0 saturated heterocycles. The average Bonchev–Trinajstić information content (AvgIpc) is 1.89. The normalized spacial score (nSPS) is 9.00. The topological polar surface area (TPSA) is 0 Å². The van der Waals surface area contributed by atoms with E-state index in [2.05, 4.69) is 19.6 Å². The first-order valence-electron chi connectivity index (χ1n) is 4.02. The molecule has 0 aromatic carbocycles. The second-order valence-electron chi connectivity index (χ2n) is 2.49. The Hall–Kier alpha value is 1.99. The first-order valence-corrected chi connectivity index (χ1v) is 4.66. The second kappa shape index (κ2) is 13.6. The number of thiol groups is 1. The fourth-order valence-corrected chi connectivity index (χ4v) is 1.12. The van der Waals surface area contributed by atoms with Crippen molar-refractivity contribution in [3.63, 3.8) is 0 Å². The number of hydrogen-bond acceptors (Lipinski definition) is 1. The number of unbranched alkanes of at least 4 members (excludes halogenated alkanes) is 5. The van der Waals surface area contributed by atoms with E-state index in [0.29, 0.717) is 0 Å². The van der Waals surface area contributed by atoms with Crippen molar-refractivity contribution in [3.05, 3.63) is 0 Å². The van der Waals surface area contributed by atoms with E-state index in [1.165, 1.54) is 38.5 Å². The SMILES string of the molecule is CCCCCCCCS.[KH]. The van der Waals surface area contributed by atoms with E-state index in [1.807, 2.05) is 0 Å². The van der Waals surface area contributed by atoms with Crippen LogP contribution in [0, 0.1) is 0 Å². The van der Waals surface area contributed by atoms with Crippen molar-refractivity contribution in [2.75, 3.05) is 5.75 Å². The van der Waals surface area contributed by atoms with Gasteiger partial charge in [-0.1, -0.05) is 39.0 Å². The molecular formula is C8H19KS. The molecule has 0 rings (SSSR count). The second-order valence-corrected chi connectivity index (χ2v) is 2.94. The summed E-state index contributed by atoms with van der Waals surface area (Å²) in [6.07, 6.45) is 8.27. The van der Waals surface area contributed by atoms with Gasteiger partial charge in [0, 0.05) is 0 Å². The average molecular weight is 186 g/mol. The Bertz CT molecular complexity index is 42.5. The molecular weight excluding hydrogens is 167 g/mol. The van der Waals surface area contributed by atoms with Crippen LogP contribution in [0.2, 0.25) is 0 Å². The zero-order valence-electron chi connectivity index (χ0n) is 6.40. The maximum atomic E-state index is 4.15. The van der Waals surface area contributed by atoms with Crippen LogP contribution in [0.15, 0.2) is 0 Å². The van der Waals surface area contributed by atoms with Crippen LogP contribution in [-0.4, -0.2) is 57.1 Å². The molecule has 0 aliphatic rings. The summed E-state index contributed by atoms with van der Waals surface area (Å²) >= 11 is 4.15. The number of hydrogen-bond donors (Lipinski definition) is 1. The van der Waals surface area contributed by atoms with Gasteiger partial charge in [0.2, 0.25) is 0 Å². The zero-order chi connectivity index (χ0) is 6.95. The molecule has 0 aromatic heterocycles. The van der Waals surface area contributed by atoms with Crippen LogP contribution < -0.4 is 0 Å². The van der Waals surface area contributed by atoms with Gasteiger partial charge in [0.15, 0.2) is 0 Å². The third-order valence-corrected chi connectivity index (χ3v) is 1.83. The predicted octanol–water partition coefficient (Wildman–Crippen LogP) is 2.63. The van der Waals surface area contributed by atoms with Crippen LogP contribution in [0.3, 0.4) is 0 Å². The molecule has 2 heteroatoms. The van der Waals surface area contributed by atoms with Crippen molar-refractivity contribution in [3.8, 4) is 0 Å². The fourth-order valence-electron chi connectivity index (χ4n) is 0.892. The molecule has 0 heterocycles. The number of rotatable bonds is 6. The first-order chi connectivity index (χ1) is 4.41. The van der Waals surface area contributed by atoms with Gasteiger partial charge in [-0.05, 0) is 12.2 Å².